The molecule has 5 N–H and O–H groups in total. The van der Waals surface area contributed by atoms with Gasteiger partial charge in [0.25, 0.3) is 0 Å². The Labute approximate surface area is 305 Å². The van der Waals surface area contributed by atoms with Gasteiger partial charge in [-0.3, -0.25) is 19.2 Å². The average Bonchev–Trinajstić information content (AvgIpc) is 3.11. The summed E-state index contributed by atoms with van der Waals surface area (Å²) in [4.78, 5) is 68.7. The summed E-state index contributed by atoms with van der Waals surface area (Å²) in [5.41, 5.74) is 2.60. The van der Waals surface area contributed by atoms with Crippen LogP contribution in [0.15, 0.2) is 78.9 Å². The lowest BCUT2D eigenvalue weighted by atomic mass is 9.84. The molecule has 1 heterocycles. The number of benzene rings is 3. The van der Waals surface area contributed by atoms with E-state index in [0.717, 1.165) is 11.1 Å². The first-order valence-corrected chi connectivity index (χ1v) is 17.8. The largest absolute Gasteiger partial charge is 0.508 e. The number of phenols is 1. The van der Waals surface area contributed by atoms with Gasteiger partial charge in [-0.25, -0.2) is 4.79 Å². The SMILES string of the molecule is CN(C(=O)[C@H](Cc1ccccc1)NC(=O)OCc1ccccc1)[C@H]1CCCCNC(=O)CCNC(=O)C(Cc2ccc(O)c(C(C)(C)C)c2)NC1=O. The van der Waals surface area contributed by atoms with Gasteiger partial charge in [-0.05, 0) is 53.0 Å². The van der Waals surface area contributed by atoms with E-state index in [2.05, 4.69) is 21.3 Å². The summed E-state index contributed by atoms with van der Waals surface area (Å²) in [7, 11) is 1.51. The van der Waals surface area contributed by atoms with Crippen LogP contribution in [0.5, 0.6) is 5.75 Å². The zero-order valence-electron chi connectivity index (χ0n) is 30.4. The molecule has 12 heteroatoms. The lowest BCUT2D eigenvalue weighted by Gasteiger charge is -2.32. The number of hydrogen-bond acceptors (Lipinski definition) is 7. The fourth-order valence-electron chi connectivity index (χ4n) is 6.08. The maximum atomic E-state index is 14.2. The highest BCUT2D eigenvalue weighted by molar-refractivity contribution is 5.94. The number of phenolic OH excluding ortho intramolecular Hbond substituents is 1. The van der Waals surface area contributed by atoms with Crippen LogP contribution >= 0.6 is 0 Å². The van der Waals surface area contributed by atoms with Crippen LogP contribution in [-0.2, 0) is 48.8 Å². The summed E-state index contributed by atoms with van der Waals surface area (Å²) >= 11 is 0. The van der Waals surface area contributed by atoms with Gasteiger partial charge in [0.05, 0.1) is 0 Å². The Bertz CT molecular complexity index is 1680. The van der Waals surface area contributed by atoms with E-state index in [9.17, 15) is 29.1 Å². The number of alkyl carbamates (subject to hydrolysis) is 1. The number of rotatable bonds is 9. The summed E-state index contributed by atoms with van der Waals surface area (Å²) in [5, 5.41) is 21.7. The number of ether oxygens (including phenoxy) is 1. The first-order valence-electron chi connectivity index (χ1n) is 17.8. The number of nitrogens with zero attached hydrogens (tertiary/aromatic N) is 1. The van der Waals surface area contributed by atoms with E-state index >= 15 is 0 Å². The maximum absolute atomic E-state index is 14.2. The zero-order valence-corrected chi connectivity index (χ0v) is 30.4. The molecule has 278 valence electrons. The van der Waals surface area contributed by atoms with Crippen molar-refractivity contribution in [2.45, 2.75) is 89.4 Å². The first kappa shape index (κ1) is 39.4. The van der Waals surface area contributed by atoms with Crippen LogP contribution < -0.4 is 21.3 Å². The van der Waals surface area contributed by atoms with E-state index in [-0.39, 0.29) is 55.9 Å². The molecule has 1 fully saturated rings. The Morgan fingerprint density at radius 1 is 0.885 bits per heavy atom. The van der Waals surface area contributed by atoms with Crippen molar-refractivity contribution >= 4 is 29.7 Å². The average molecular weight is 714 g/mol. The quantitative estimate of drug-likeness (QED) is 0.225. The molecule has 1 aliphatic heterocycles. The van der Waals surface area contributed by atoms with E-state index in [1.807, 2.05) is 87.5 Å². The highest BCUT2D eigenvalue weighted by atomic mass is 16.5. The topological polar surface area (TPSA) is 166 Å². The summed E-state index contributed by atoms with van der Waals surface area (Å²) in [6.07, 6.45) is 0.850. The van der Waals surface area contributed by atoms with Gasteiger partial charge >= 0.3 is 6.09 Å². The Balaban J connectivity index is 1.59. The lowest BCUT2D eigenvalue weighted by Crippen LogP contribution is -2.58. The molecule has 12 nitrogen and oxygen atoms in total. The molecule has 3 aromatic rings. The Hall–Kier alpha value is -5.39. The highest BCUT2D eigenvalue weighted by Crippen LogP contribution is 2.31. The number of amides is 5. The first-order chi connectivity index (χ1) is 24.8. The molecular formula is C40H51N5O7. The number of carbonyl (C=O) groups is 5. The van der Waals surface area contributed by atoms with E-state index in [1.165, 1.54) is 11.9 Å². The molecule has 0 aromatic heterocycles. The third-order valence-electron chi connectivity index (χ3n) is 9.02. The number of likely N-dealkylation sites (N-methyl/N-ethyl adjacent to an activating group) is 1. The fraction of sp³-hybridized carbons (Fsp3) is 0.425. The van der Waals surface area contributed by atoms with Crippen molar-refractivity contribution in [3.05, 3.63) is 101 Å². The van der Waals surface area contributed by atoms with Crippen LogP contribution in [0.25, 0.3) is 0 Å². The van der Waals surface area contributed by atoms with Gasteiger partial charge in [-0.15, -0.1) is 0 Å². The third kappa shape index (κ3) is 11.9. The molecule has 0 saturated carbocycles. The molecule has 5 amide bonds. The van der Waals surface area contributed by atoms with Gasteiger partial charge in [0, 0.05) is 39.4 Å². The second-order valence-electron chi connectivity index (χ2n) is 14.2. The van der Waals surface area contributed by atoms with E-state index < -0.39 is 41.9 Å². The van der Waals surface area contributed by atoms with Gasteiger partial charge in [-0.1, -0.05) is 93.6 Å². The normalized spacial score (nSPS) is 18.1. The zero-order chi connectivity index (χ0) is 37.7. The fourth-order valence-corrected chi connectivity index (χ4v) is 6.08. The van der Waals surface area contributed by atoms with Gasteiger partial charge in [-0.2, -0.15) is 0 Å². The van der Waals surface area contributed by atoms with Crippen molar-refractivity contribution in [1.82, 2.24) is 26.2 Å². The number of aromatic hydroxyl groups is 1. The van der Waals surface area contributed by atoms with Gasteiger partial charge in [0.2, 0.25) is 23.6 Å². The summed E-state index contributed by atoms with van der Waals surface area (Å²) in [5.74, 6) is -1.60. The van der Waals surface area contributed by atoms with Crippen LogP contribution in [0.1, 0.15) is 68.7 Å². The second-order valence-corrected chi connectivity index (χ2v) is 14.2. The van der Waals surface area contributed by atoms with E-state index in [0.29, 0.717) is 30.5 Å². The molecular weight excluding hydrogens is 662 g/mol. The highest BCUT2D eigenvalue weighted by Gasteiger charge is 2.34. The summed E-state index contributed by atoms with van der Waals surface area (Å²) in [6.45, 7) is 6.37. The molecule has 3 atom stereocenters. The van der Waals surface area contributed by atoms with E-state index in [1.54, 1.807) is 12.1 Å². The minimum Gasteiger partial charge on any atom is -0.508 e. The molecule has 52 heavy (non-hydrogen) atoms. The predicted octanol–water partition coefficient (Wildman–Crippen LogP) is 3.89. The molecule has 3 aromatic carbocycles. The standard InChI is InChI=1S/C40H51N5O7/c1-40(2,3)30-23-29(18-19-34(30)46)25-31-36(48)42-22-20-35(47)41-21-12-11-17-33(37(49)43-31)45(4)38(50)32(24-27-13-7-5-8-14-27)44-39(51)52-26-28-15-9-6-10-16-28/h5-10,13-16,18-19,23,31-33,46H,11-12,17,20-22,24-26H2,1-4H3,(H,41,47)(H,42,48)(H,43,49)(H,44,51)/t31?,32-,33-/m0/s1. The van der Waals surface area contributed by atoms with Crippen molar-refractivity contribution < 1.29 is 33.8 Å². The predicted molar refractivity (Wildman–Crippen MR) is 197 cm³/mol. The molecule has 0 bridgehead atoms. The molecule has 1 saturated heterocycles. The van der Waals surface area contributed by atoms with Crippen molar-refractivity contribution in [1.29, 1.82) is 0 Å². The van der Waals surface area contributed by atoms with Crippen LogP contribution in [0.3, 0.4) is 0 Å². The van der Waals surface area contributed by atoms with Gasteiger partial charge < -0.3 is 36.0 Å². The molecule has 0 aliphatic carbocycles. The number of hydrogen-bond donors (Lipinski definition) is 5. The minimum atomic E-state index is -1.07. The molecule has 4 rings (SSSR count). The minimum absolute atomic E-state index is 0.0120. The third-order valence-corrected chi connectivity index (χ3v) is 9.02. The van der Waals surface area contributed by atoms with Crippen LogP contribution in [-0.4, -0.2) is 78.0 Å². The maximum Gasteiger partial charge on any atom is 0.408 e. The van der Waals surface area contributed by atoms with Crippen LogP contribution in [0.4, 0.5) is 4.79 Å². The summed E-state index contributed by atoms with van der Waals surface area (Å²) < 4.78 is 5.44. The monoisotopic (exact) mass is 713 g/mol. The van der Waals surface area contributed by atoms with Crippen molar-refractivity contribution in [3.63, 3.8) is 0 Å². The summed E-state index contributed by atoms with van der Waals surface area (Å²) in [6, 6.07) is 20.4. The Morgan fingerprint density at radius 2 is 1.56 bits per heavy atom. The van der Waals surface area contributed by atoms with Crippen LogP contribution in [0.2, 0.25) is 0 Å². The lowest BCUT2D eigenvalue weighted by molar-refractivity contribution is -0.141. The molecule has 0 radical (unpaired) electrons. The van der Waals surface area contributed by atoms with Crippen molar-refractivity contribution in [2.75, 3.05) is 20.1 Å². The Kier molecular flexibility index (Phi) is 14.2. The molecule has 1 aliphatic rings. The van der Waals surface area contributed by atoms with Gasteiger partial charge in [0.15, 0.2) is 0 Å². The molecule has 1 unspecified atom stereocenters. The van der Waals surface area contributed by atoms with Crippen molar-refractivity contribution in [3.8, 4) is 5.75 Å². The van der Waals surface area contributed by atoms with Crippen LogP contribution in [0, 0.1) is 0 Å². The second kappa shape index (κ2) is 18.7. The van der Waals surface area contributed by atoms with E-state index in [4.69, 9.17) is 4.74 Å². The molecule has 0 spiro atoms. The van der Waals surface area contributed by atoms with Crippen molar-refractivity contribution in [2.24, 2.45) is 0 Å². The smallest absolute Gasteiger partial charge is 0.408 e. The Morgan fingerprint density at radius 3 is 2.23 bits per heavy atom. The number of nitrogens with one attached hydrogen (secondary N) is 4. The number of carbonyl (C=O) groups excluding carboxylic acids is 5. The van der Waals surface area contributed by atoms with Gasteiger partial charge in [0.1, 0.15) is 30.5 Å².